The van der Waals surface area contributed by atoms with E-state index in [0.717, 1.165) is 6.42 Å². The molecule has 0 radical (unpaired) electrons. The van der Waals surface area contributed by atoms with Gasteiger partial charge in [-0.15, -0.1) is 0 Å². The smallest absolute Gasteiger partial charge is 0.306 e. The van der Waals surface area contributed by atoms with Crippen molar-refractivity contribution in [3.63, 3.8) is 0 Å². The first-order valence-corrected chi connectivity index (χ1v) is 3.94. The molecule has 3 nitrogen and oxygen atoms in total. The summed E-state index contributed by atoms with van der Waals surface area (Å²) in [7, 11) is 0. The summed E-state index contributed by atoms with van der Waals surface area (Å²) in [5, 5.41) is 15.4. The van der Waals surface area contributed by atoms with Crippen LogP contribution in [0.4, 0.5) is 0 Å². The van der Waals surface area contributed by atoms with Crippen LogP contribution < -0.4 is 0 Å². The lowest BCUT2D eigenvalue weighted by molar-refractivity contribution is -0.142. The first-order valence-electron chi connectivity index (χ1n) is 3.94. The molecule has 0 aromatic carbocycles. The molecule has 0 amide bonds. The molecule has 0 aromatic rings. The highest BCUT2D eigenvalue weighted by atomic mass is 16.4. The number of carbonyl (C=O) groups is 1. The molecule has 1 atom stereocenters. The third-order valence-electron chi connectivity index (χ3n) is 1.74. The number of nitrogens with one attached hydrogen (secondary N) is 1. The van der Waals surface area contributed by atoms with Crippen LogP contribution >= 0.6 is 0 Å². The lowest BCUT2D eigenvalue weighted by Crippen LogP contribution is -2.12. The van der Waals surface area contributed by atoms with Crippen LogP contribution in [-0.4, -0.2) is 17.3 Å². The van der Waals surface area contributed by atoms with E-state index in [9.17, 15) is 4.79 Å². The van der Waals surface area contributed by atoms with Gasteiger partial charge < -0.3 is 10.5 Å². The number of carboxylic acids is 1. The molecule has 0 aliphatic heterocycles. The fraction of sp³-hybridized carbons (Fsp3) is 0.750. The van der Waals surface area contributed by atoms with Crippen molar-refractivity contribution >= 4 is 12.2 Å². The molecule has 0 bridgehead atoms. The van der Waals surface area contributed by atoms with Gasteiger partial charge in [-0.1, -0.05) is 6.92 Å². The largest absolute Gasteiger partial charge is 0.481 e. The minimum absolute atomic E-state index is 0.213. The Morgan fingerprint density at radius 1 is 1.73 bits per heavy atom. The first-order chi connectivity index (χ1) is 5.22. The molecule has 0 heterocycles. The SMILES string of the molecule is CCC(CCCC=N)C(=O)O. The summed E-state index contributed by atoms with van der Waals surface area (Å²) in [5.41, 5.74) is 0. The Bertz CT molecular complexity index is 134. The van der Waals surface area contributed by atoms with Crippen LogP contribution in [0, 0.1) is 11.3 Å². The van der Waals surface area contributed by atoms with Crippen molar-refractivity contribution < 1.29 is 9.90 Å². The molecule has 0 saturated heterocycles. The van der Waals surface area contributed by atoms with Crippen LogP contribution in [0.1, 0.15) is 32.6 Å². The second-order valence-corrected chi connectivity index (χ2v) is 2.58. The predicted molar refractivity (Wildman–Crippen MR) is 44.1 cm³/mol. The van der Waals surface area contributed by atoms with Crippen molar-refractivity contribution in [2.45, 2.75) is 32.6 Å². The maximum absolute atomic E-state index is 10.5. The van der Waals surface area contributed by atoms with Crippen LogP contribution in [0.15, 0.2) is 0 Å². The summed E-state index contributed by atoms with van der Waals surface area (Å²) in [5.74, 6) is -0.924. The average molecular weight is 157 g/mol. The van der Waals surface area contributed by atoms with E-state index in [1.54, 1.807) is 0 Å². The number of hydrogen-bond donors (Lipinski definition) is 2. The molecule has 1 unspecified atom stereocenters. The fourth-order valence-electron chi connectivity index (χ4n) is 0.969. The second kappa shape index (κ2) is 5.89. The number of carboxylic acid groups (broad SMARTS) is 1. The minimum Gasteiger partial charge on any atom is -0.481 e. The number of unbranched alkanes of at least 4 members (excludes halogenated alkanes) is 1. The van der Waals surface area contributed by atoms with E-state index in [0.29, 0.717) is 19.3 Å². The summed E-state index contributed by atoms with van der Waals surface area (Å²) in [6.07, 6.45) is 4.22. The summed E-state index contributed by atoms with van der Waals surface area (Å²) in [6.45, 7) is 1.88. The van der Waals surface area contributed by atoms with Crippen LogP contribution in [0.2, 0.25) is 0 Å². The van der Waals surface area contributed by atoms with E-state index in [1.807, 2.05) is 6.92 Å². The lowest BCUT2D eigenvalue weighted by Gasteiger charge is -2.06. The Morgan fingerprint density at radius 2 is 2.36 bits per heavy atom. The van der Waals surface area contributed by atoms with E-state index in [1.165, 1.54) is 6.21 Å². The van der Waals surface area contributed by atoms with Gasteiger partial charge >= 0.3 is 5.97 Å². The third-order valence-corrected chi connectivity index (χ3v) is 1.74. The molecule has 0 rings (SSSR count). The van der Waals surface area contributed by atoms with Gasteiger partial charge in [0.2, 0.25) is 0 Å². The maximum atomic E-state index is 10.5. The monoisotopic (exact) mass is 157 g/mol. The molecule has 0 spiro atoms. The highest BCUT2D eigenvalue weighted by molar-refractivity contribution is 5.69. The highest BCUT2D eigenvalue weighted by Crippen LogP contribution is 2.11. The molecule has 0 aromatic heterocycles. The molecule has 11 heavy (non-hydrogen) atoms. The van der Waals surface area contributed by atoms with E-state index < -0.39 is 5.97 Å². The topological polar surface area (TPSA) is 61.2 Å². The molecular weight excluding hydrogens is 142 g/mol. The Balaban J connectivity index is 3.52. The summed E-state index contributed by atoms with van der Waals surface area (Å²) < 4.78 is 0. The zero-order valence-electron chi connectivity index (χ0n) is 6.84. The molecular formula is C8H15NO2. The van der Waals surface area contributed by atoms with Crippen molar-refractivity contribution in [2.24, 2.45) is 5.92 Å². The summed E-state index contributed by atoms with van der Waals surface area (Å²) in [6, 6.07) is 0. The van der Waals surface area contributed by atoms with Crippen molar-refractivity contribution in [3.8, 4) is 0 Å². The van der Waals surface area contributed by atoms with E-state index in [2.05, 4.69) is 0 Å². The normalized spacial score (nSPS) is 12.5. The van der Waals surface area contributed by atoms with Gasteiger partial charge in [-0.2, -0.15) is 0 Å². The van der Waals surface area contributed by atoms with E-state index in [-0.39, 0.29) is 5.92 Å². The van der Waals surface area contributed by atoms with Gasteiger partial charge in [0.1, 0.15) is 0 Å². The van der Waals surface area contributed by atoms with Crippen LogP contribution in [0.25, 0.3) is 0 Å². The number of rotatable bonds is 6. The van der Waals surface area contributed by atoms with Gasteiger partial charge in [0.15, 0.2) is 0 Å². The highest BCUT2D eigenvalue weighted by Gasteiger charge is 2.13. The molecule has 3 heteroatoms. The van der Waals surface area contributed by atoms with Gasteiger partial charge in [0.25, 0.3) is 0 Å². The van der Waals surface area contributed by atoms with Crippen LogP contribution in [0.5, 0.6) is 0 Å². The molecule has 0 aliphatic rings. The molecule has 2 N–H and O–H groups in total. The zero-order chi connectivity index (χ0) is 8.69. The van der Waals surface area contributed by atoms with Crippen molar-refractivity contribution in [3.05, 3.63) is 0 Å². The molecule has 0 aliphatic carbocycles. The standard InChI is InChI=1S/C8H15NO2/c1-2-7(8(10)11)5-3-4-6-9/h6-7,9H,2-5H2,1H3,(H,10,11). The second-order valence-electron chi connectivity index (χ2n) is 2.58. The quantitative estimate of drug-likeness (QED) is 0.457. The minimum atomic E-state index is -0.711. The van der Waals surface area contributed by atoms with E-state index in [4.69, 9.17) is 10.5 Å². The van der Waals surface area contributed by atoms with Gasteiger partial charge in [-0.25, -0.2) is 0 Å². The Hall–Kier alpha value is -0.860. The fourth-order valence-corrected chi connectivity index (χ4v) is 0.969. The first kappa shape index (κ1) is 10.1. The van der Waals surface area contributed by atoms with Crippen LogP contribution in [-0.2, 0) is 4.79 Å². The summed E-state index contributed by atoms with van der Waals surface area (Å²) in [4.78, 5) is 10.5. The number of hydrogen-bond acceptors (Lipinski definition) is 2. The average Bonchev–Trinajstić information content (AvgIpc) is 1.97. The van der Waals surface area contributed by atoms with Gasteiger partial charge in [-0.3, -0.25) is 4.79 Å². The lowest BCUT2D eigenvalue weighted by atomic mass is 10.00. The molecule has 64 valence electrons. The van der Waals surface area contributed by atoms with E-state index >= 15 is 0 Å². The molecule has 0 fully saturated rings. The Labute approximate surface area is 66.9 Å². The van der Waals surface area contributed by atoms with Crippen molar-refractivity contribution in [1.29, 1.82) is 5.41 Å². The van der Waals surface area contributed by atoms with Gasteiger partial charge in [0, 0.05) is 0 Å². The zero-order valence-corrected chi connectivity index (χ0v) is 6.84. The Morgan fingerprint density at radius 3 is 2.73 bits per heavy atom. The van der Waals surface area contributed by atoms with Crippen LogP contribution in [0.3, 0.4) is 0 Å². The van der Waals surface area contributed by atoms with Crippen molar-refractivity contribution in [1.82, 2.24) is 0 Å². The number of aliphatic carboxylic acids is 1. The van der Waals surface area contributed by atoms with Gasteiger partial charge in [-0.05, 0) is 31.9 Å². The maximum Gasteiger partial charge on any atom is 0.306 e. The predicted octanol–water partition coefficient (Wildman–Crippen LogP) is 1.92. The third kappa shape index (κ3) is 4.53. The summed E-state index contributed by atoms with van der Waals surface area (Å²) >= 11 is 0. The molecule has 0 saturated carbocycles. The Kier molecular flexibility index (Phi) is 5.43. The van der Waals surface area contributed by atoms with Gasteiger partial charge in [0.05, 0.1) is 5.92 Å². The van der Waals surface area contributed by atoms with Crippen molar-refractivity contribution in [2.75, 3.05) is 0 Å².